The van der Waals surface area contributed by atoms with Gasteiger partial charge in [0.05, 0.1) is 5.52 Å². The summed E-state index contributed by atoms with van der Waals surface area (Å²) in [7, 11) is 0. The van der Waals surface area contributed by atoms with Crippen molar-refractivity contribution in [2.45, 2.75) is 24.5 Å². The summed E-state index contributed by atoms with van der Waals surface area (Å²) in [5, 5.41) is 1.22. The fourth-order valence-electron chi connectivity index (χ4n) is 3.15. The van der Waals surface area contributed by atoms with Gasteiger partial charge in [-0.15, -0.1) is 0 Å². The first-order chi connectivity index (χ1) is 10.2. The van der Waals surface area contributed by atoms with Crippen LogP contribution in [0.2, 0.25) is 0 Å². The van der Waals surface area contributed by atoms with Crippen molar-refractivity contribution in [2.75, 3.05) is 30.8 Å². The average molecular weight is 301 g/mol. The summed E-state index contributed by atoms with van der Waals surface area (Å²) in [6, 6.07) is 10.6. The Morgan fingerprint density at radius 2 is 2.00 bits per heavy atom. The minimum absolute atomic E-state index is 0.265. The van der Waals surface area contributed by atoms with Crippen molar-refractivity contribution in [3.8, 4) is 0 Å². The van der Waals surface area contributed by atoms with Gasteiger partial charge in [-0.2, -0.15) is 11.8 Å². The molecule has 0 amide bonds. The topological polar surface area (TPSA) is 42.1 Å². The first kappa shape index (κ1) is 14.7. The summed E-state index contributed by atoms with van der Waals surface area (Å²) in [5.41, 5.74) is 8.33. The lowest BCUT2D eigenvalue weighted by Gasteiger charge is -2.41. The van der Waals surface area contributed by atoms with E-state index in [-0.39, 0.29) is 4.75 Å². The number of rotatable bonds is 3. The predicted octanol–water partition coefficient (Wildman–Crippen LogP) is 3.20. The first-order valence-electron chi connectivity index (χ1n) is 7.54. The van der Waals surface area contributed by atoms with Crippen LogP contribution in [0, 0.1) is 6.92 Å². The SMILES string of the molecule is CSC1(CN)CCN(c2nc3ccccc3cc2C)CC1. The largest absolute Gasteiger partial charge is 0.356 e. The Bertz CT molecular complexity index is 627. The van der Waals surface area contributed by atoms with E-state index in [1.165, 1.54) is 10.9 Å². The van der Waals surface area contributed by atoms with Gasteiger partial charge >= 0.3 is 0 Å². The van der Waals surface area contributed by atoms with Gasteiger partial charge in [0.2, 0.25) is 0 Å². The molecule has 4 heteroatoms. The molecule has 0 aliphatic carbocycles. The minimum Gasteiger partial charge on any atom is -0.356 e. The van der Waals surface area contributed by atoms with E-state index >= 15 is 0 Å². The molecule has 0 atom stereocenters. The van der Waals surface area contributed by atoms with Gasteiger partial charge < -0.3 is 10.6 Å². The molecular weight excluding hydrogens is 278 g/mol. The number of thioether (sulfide) groups is 1. The Morgan fingerprint density at radius 3 is 2.67 bits per heavy atom. The number of aromatic nitrogens is 1. The smallest absolute Gasteiger partial charge is 0.132 e. The lowest BCUT2D eigenvalue weighted by atomic mass is 9.95. The third-order valence-corrected chi connectivity index (χ3v) is 6.11. The fraction of sp³-hybridized carbons (Fsp3) is 0.471. The highest BCUT2D eigenvalue weighted by Gasteiger charge is 2.33. The van der Waals surface area contributed by atoms with Gasteiger partial charge in [0.1, 0.15) is 5.82 Å². The first-order valence-corrected chi connectivity index (χ1v) is 8.76. The van der Waals surface area contributed by atoms with Gasteiger partial charge in [-0.3, -0.25) is 0 Å². The average Bonchev–Trinajstić information content (AvgIpc) is 2.54. The van der Waals surface area contributed by atoms with Crippen molar-refractivity contribution >= 4 is 28.5 Å². The van der Waals surface area contributed by atoms with E-state index in [1.54, 1.807) is 0 Å². The Kier molecular flexibility index (Phi) is 4.09. The number of hydrogen-bond acceptors (Lipinski definition) is 4. The number of hydrogen-bond donors (Lipinski definition) is 1. The number of piperidine rings is 1. The molecule has 2 aromatic rings. The number of para-hydroxylation sites is 1. The zero-order valence-corrected chi connectivity index (χ0v) is 13.6. The van der Waals surface area contributed by atoms with Gasteiger partial charge in [0, 0.05) is 29.8 Å². The van der Waals surface area contributed by atoms with E-state index in [9.17, 15) is 0 Å². The maximum atomic E-state index is 5.98. The fourth-order valence-corrected chi connectivity index (χ4v) is 3.91. The van der Waals surface area contributed by atoms with Crippen LogP contribution in [0.3, 0.4) is 0 Å². The third kappa shape index (κ3) is 2.74. The van der Waals surface area contributed by atoms with Crippen LogP contribution in [0.1, 0.15) is 18.4 Å². The molecule has 1 aliphatic heterocycles. The van der Waals surface area contributed by atoms with Crippen LogP contribution >= 0.6 is 11.8 Å². The summed E-state index contributed by atoms with van der Waals surface area (Å²) in [4.78, 5) is 7.31. The number of aryl methyl sites for hydroxylation is 1. The van der Waals surface area contributed by atoms with E-state index in [1.807, 2.05) is 11.8 Å². The molecule has 3 nitrogen and oxygen atoms in total. The maximum Gasteiger partial charge on any atom is 0.132 e. The predicted molar refractivity (Wildman–Crippen MR) is 93.2 cm³/mol. The quantitative estimate of drug-likeness (QED) is 0.945. The standard InChI is InChI=1S/C17H23N3S/c1-13-11-14-5-3-4-6-15(14)19-16(13)20-9-7-17(12-18,21-2)8-10-20/h3-6,11H,7-10,12,18H2,1-2H3. The number of benzene rings is 1. The van der Waals surface area contributed by atoms with E-state index in [4.69, 9.17) is 10.7 Å². The molecule has 0 radical (unpaired) electrons. The lowest BCUT2D eigenvalue weighted by molar-refractivity contribution is 0.455. The van der Waals surface area contributed by atoms with Crippen LogP contribution in [0.15, 0.2) is 30.3 Å². The van der Waals surface area contributed by atoms with Crippen molar-refractivity contribution in [1.29, 1.82) is 0 Å². The summed E-state index contributed by atoms with van der Waals surface area (Å²) in [6.45, 7) is 5.02. The number of nitrogens with two attached hydrogens (primary N) is 1. The van der Waals surface area contributed by atoms with Crippen molar-refractivity contribution in [2.24, 2.45) is 5.73 Å². The molecule has 3 rings (SSSR count). The minimum atomic E-state index is 0.265. The second-order valence-corrected chi connectivity index (χ2v) is 7.17. The van der Waals surface area contributed by atoms with Gasteiger partial charge in [-0.05, 0) is 43.7 Å². The van der Waals surface area contributed by atoms with Crippen molar-refractivity contribution in [3.05, 3.63) is 35.9 Å². The molecule has 2 heterocycles. The molecule has 1 saturated heterocycles. The number of pyridine rings is 1. The van der Waals surface area contributed by atoms with Crippen LogP contribution in [0.4, 0.5) is 5.82 Å². The van der Waals surface area contributed by atoms with Crippen molar-refractivity contribution < 1.29 is 0 Å². The molecule has 1 aliphatic rings. The number of nitrogens with zero attached hydrogens (tertiary/aromatic N) is 2. The van der Waals surface area contributed by atoms with E-state index in [2.05, 4.69) is 48.4 Å². The van der Waals surface area contributed by atoms with E-state index in [0.29, 0.717) is 0 Å². The zero-order valence-electron chi connectivity index (χ0n) is 12.8. The highest BCUT2D eigenvalue weighted by molar-refractivity contribution is 8.00. The van der Waals surface area contributed by atoms with Gasteiger partial charge in [0.25, 0.3) is 0 Å². The van der Waals surface area contributed by atoms with E-state index in [0.717, 1.165) is 43.8 Å². The molecule has 112 valence electrons. The van der Waals surface area contributed by atoms with Crippen LogP contribution in [-0.2, 0) is 0 Å². The molecule has 1 fully saturated rings. The monoisotopic (exact) mass is 301 g/mol. The second-order valence-electron chi connectivity index (χ2n) is 5.90. The van der Waals surface area contributed by atoms with Crippen molar-refractivity contribution in [3.63, 3.8) is 0 Å². The zero-order chi connectivity index (χ0) is 14.9. The number of anilines is 1. The lowest BCUT2D eigenvalue weighted by Crippen LogP contribution is -2.47. The summed E-state index contributed by atoms with van der Waals surface area (Å²) in [6.07, 6.45) is 4.46. The molecule has 0 spiro atoms. The molecule has 2 N–H and O–H groups in total. The molecular formula is C17H23N3S. The second kappa shape index (κ2) is 5.85. The Labute approximate surface area is 130 Å². The summed E-state index contributed by atoms with van der Waals surface area (Å²) in [5.74, 6) is 1.14. The molecule has 21 heavy (non-hydrogen) atoms. The molecule has 0 bridgehead atoms. The van der Waals surface area contributed by atoms with Crippen LogP contribution in [0.5, 0.6) is 0 Å². The maximum absolute atomic E-state index is 5.98. The normalized spacial score (nSPS) is 18.1. The molecule has 1 aromatic heterocycles. The number of fused-ring (bicyclic) bond motifs is 1. The van der Waals surface area contributed by atoms with E-state index < -0.39 is 0 Å². The van der Waals surface area contributed by atoms with Crippen LogP contribution < -0.4 is 10.6 Å². The van der Waals surface area contributed by atoms with Gasteiger partial charge in [-0.1, -0.05) is 18.2 Å². The van der Waals surface area contributed by atoms with Crippen LogP contribution in [0.25, 0.3) is 10.9 Å². The van der Waals surface area contributed by atoms with Crippen LogP contribution in [-0.4, -0.2) is 35.6 Å². The van der Waals surface area contributed by atoms with Gasteiger partial charge in [0.15, 0.2) is 0 Å². The van der Waals surface area contributed by atoms with Gasteiger partial charge in [-0.25, -0.2) is 4.98 Å². The summed E-state index contributed by atoms with van der Waals surface area (Å²) < 4.78 is 0.265. The Balaban J connectivity index is 1.87. The third-order valence-electron chi connectivity index (χ3n) is 4.67. The summed E-state index contributed by atoms with van der Waals surface area (Å²) >= 11 is 1.93. The Morgan fingerprint density at radius 1 is 1.29 bits per heavy atom. The van der Waals surface area contributed by atoms with Crippen molar-refractivity contribution in [1.82, 2.24) is 4.98 Å². The molecule has 0 saturated carbocycles. The Hall–Kier alpha value is -1.26. The highest BCUT2D eigenvalue weighted by atomic mass is 32.2. The highest BCUT2D eigenvalue weighted by Crippen LogP contribution is 2.35. The molecule has 0 unspecified atom stereocenters. The molecule has 1 aromatic carbocycles.